The van der Waals surface area contributed by atoms with Gasteiger partial charge in [-0.25, -0.2) is 0 Å². The number of likely N-dealkylation sites (N-methyl/N-ethyl adjacent to an activating group) is 1. The van der Waals surface area contributed by atoms with Crippen molar-refractivity contribution >= 4 is 5.70 Å². The van der Waals surface area contributed by atoms with Crippen LogP contribution in [-0.2, 0) is 6.42 Å². The second kappa shape index (κ2) is 7.61. The van der Waals surface area contributed by atoms with Gasteiger partial charge in [0.05, 0.1) is 26.0 Å². The summed E-state index contributed by atoms with van der Waals surface area (Å²) in [5.41, 5.74) is 5.93. The molecule has 7 nitrogen and oxygen atoms in total. The van der Waals surface area contributed by atoms with Crippen LogP contribution in [0.2, 0.25) is 0 Å². The second-order valence-corrected chi connectivity index (χ2v) is 6.82. The summed E-state index contributed by atoms with van der Waals surface area (Å²) in [5, 5.41) is 9.84. The first-order valence-corrected chi connectivity index (χ1v) is 9.12. The fourth-order valence-corrected chi connectivity index (χ4v) is 3.82. The van der Waals surface area contributed by atoms with E-state index in [1.165, 1.54) is 0 Å². The molecule has 2 heterocycles. The topological polar surface area (TPSA) is 72.4 Å². The van der Waals surface area contributed by atoms with Crippen LogP contribution in [0.4, 0.5) is 0 Å². The van der Waals surface area contributed by atoms with E-state index in [-0.39, 0.29) is 12.8 Å². The Bertz CT molecular complexity index is 912. The van der Waals surface area contributed by atoms with Crippen molar-refractivity contribution in [3.63, 3.8) is 0 Å². The van der Waals surface area contributed by atoms with Gasteiger partial charge in [0.15, 0.2) is 11.5 Å². The summed E-state index contributed by atoms with van der Waals surface area (Å²) in [5.74, 6) is 2.75. The van der Waals surface area contributed by atoms with Crippen molar-refractivity contribution in [1.29, 1.82) is 0 Å². The van der Waals surface area contributed by atoms with Gasteiger partial charge < -0.3 is 18.9 Å². The number of benzene rings is 2. The van der Waals surface area contributed by atoms with Crippen LogP contribution in [0.15, 0.2) is 36.4 Å². The highest BCUT2D eigenvalue weighted by atomic mass is 16.7. The number of ether oxygens (including phenoxy) is 4. The molecule has 7 heteroatoms. The number of hydrogen-bond acceptors (Lipinski definition) is 7. The van der Waals surface area contributed by atoms with Crippen LogP contribution in [-0.4, -0.2) is 44.7 Å². The first-order chi connectivity index (χ1) is 13.7. The molecule has 0 radical (unpaired) electrons. The summed E-state index contributed by atoms with van der Waals surface area (Å²) in [6.45, 7) is 1.06. The van der Waals surface area contributed by atoms with E-state index in [9.17, 15) is 5.21 Å². The lowest BCUT2D eigenvalue weighted by Gasteiger charge is -2.34. The Labute approximate surface area is 164 Å². The van der Waals surface area contributed by atoms with Gasteiger partial charge in [0.2, 0.25) is 12.5 Å². The van der Waals surface area contributed by atoms with Crippen LogP contribution >= 0.6 is 0 Å². The Kier molecular flexibility index (Phi) is 5.02. The third-order valence-electron chi connectivity index (χ3n) is 5.28. The van der Waals surface area contributed by atoms with Gasteiger partial charge in [0.1, 0.15) is 5.75 Å². The number of nitrogens with one attached hydrogen (secondary N) is 1. The lowest BCUT2D eigenvalue weighted by atomic mass is 9.90. The molecule has 0 unspecified atom stereocenters. The molecular weight excluding hydrogens is 360 g/mol. The van der Waals surface area contributed by atoms with Crippen LogP contribution in [0.5, 0.6) is 23.0 Å². The fourth-order valence-electron chi connectivity index (χ4n) is 3.82. The molecule has 2 aliphatic rings. The van der Waals surface area contributed by atoms with Crippen molar-refractivity contribution in [3.05, 3.63) is 53.1 Å². The quantitative estimate of drug-likeness (QED) is 0.768. The van der Waals surface area contributed by atoms with E-state index in [4.69, 9.17) is 18.9 Å². The van der Waals surface area contributed by atoms with Crippen molar-refractivity contribution in [1.82, 2.24) is 10.4 Å². The molecule has 0 amide bonds. The highest BCUT2D eigenvalue weighted by Gasteiger charge is 2.33. The largest absolute Gasteiger partial charge is 0.497 e. The van der Waals surface area contributed by atoms with Crippen molar-refractivity contribution in [3.8, 4) is 23.0 Å². The minimum atomic E-state index is -0.117. The van der Waals surface area contributed by atoms with Gasteiger partial charge >= 0.3 is 0 Å². The molecule has 2 aromatic carbocycles. The number of methoxy groups -OCH3 is 2. The molecule has 4 rings (SSSR count). The maximum Gasteiger partial charge on any atom is 0.231 e. The molecule has 0 saturated carbocycles. The SMILES string of the molecule is COc1cccc(/C(=C\[C@@H]2c3c(cc4c(c3OC)OCO4)CCN2C)NO)c1. The number of fused-ring (bicyclic) bond motifs is 2. The zero-order chi connectivity index (χ0) is 19.7. The van der Waals surface area contributed by atoms with E-state index in [2.05, 4.69) is 17.4 Å². The van der Waals surface area contributed by atoms with Crippen molar-refractivity contribution < 1.29 is 24.2 Å². The molecule has 0 aliphatic carbocycles. The van der Waals surface area contributed by atoms with E-state index in [0.29, 0.717) is 17.2 Å². The molecule has 0 saturated heterocycles. The van der Waals surface area contributed by atoms with Crippen LogP contribution < -0.4 is 24.4 Å². The minimum absolute atomic E-state index is 0.117. The molecule has 1 atom stereocenters. The van der Waals surface area contributed by atoms with Gasteiger partial charge in [-0.2, -0.15) is 0 Å². The van der Waals surface area contributed by atoms with Crippen molar-refractivity contribution in [2.45, 2.75) is 12.5 Å². The molecule has 148 valence electrons. The monoisotopic (exact) mass is 384 g/mol. The molecule has 0 bridgehead atoms. The van der Waals surface area contributed by atoms with Gasteiger partial charge in [-0.15, -0.1) is 0 Å². The summed E-state index contributed by atoms with van der Waals surface area (Å²) < 4.78 is 22.3. The van der Waals surface area contributed by atoms with E-state index in [1.807, 2.05) is 36.4 Å². The van der Waals surface area contributed by atoms with E-state index >= 15 is 0 Å². The minimum Gasteiger partial charge on any atom is -0.497 e. The van der Waals surface area contributed by atoms with Gasteiger partial charge in [-0.3, -0.25) is 15.6 Å². The first-order valence-electron chi connectivity index (χ1n) is 9.12. The summed E-state index contributed by atoms with van der Waals surface area (Å²) >= 11 is 0. The third kappa shape index (κ3) is 3.12. The normalized spacial score (nSPS) is 18.6. The molecular formula is C21H24N2O5. The average Bonchev–Trinajstić information content (AvgIpc) is 3.20. The van der Waals surface area contributed by atoms with Crippen molar-refractivity contribution in [2.75, 3.05) is 34.6 Å². The summed E-state index contributed by atoms with van der Waals surface area (Å²) in [6, 6.07) is 9.45. The lowest BCUT2D eigenvalue weighted by molar-refractivity contribution is 0.171. The van der Waals surface area contributed by atoms with E-state index in [1.54, 1.807) is 14.2 Å². The Hall–Kier alpha value is -2.90. The number of rotatable bonds is 5. The molecule has 2 aliphatic heterocycles. The van der Waals surface area contributed by atoms with Gasteiger partial charge in [0.25, 0.3) is 0 Å². The van der Waals surface area contributed by atoms with Crippen LogP contribution in [0, 0.1) is 0 Å². The lowest BCUT2D eigenvalue weighted by Crippen LogP contribution is -2.32. The second-order valence-electron chi connectivity index (χ2n) is 6.82. The Morgan fingerprint density at radius 3 is 2.86 bits per heavy atom. The van der Waals surface area contributed by atoms with Gasteiger partial charge in [-0.1, -0.05) is 12.1 Å². The molecule has 0 aromatic heterocycles. The predicted octanol–water partition coefficient (Wildman–Crippen LogP) is 2.98. The zero-order valence-electron chi connectivity index (χ0n) is 16.2. The van der Waals surface area contributed by atoms with Crippen molar-refractivity contribution in [2.24, 2.45) is 0 Å². The van der Waals surface area contributed by atoms with Crippen LogP contribution in [0.1, 0.15) is 22.7 Å². The predicted molar refractivity (Wildman–Crippen MR) is 104 cm³/mol. The van der Waals surface area contributed by atoms with Crippen LogP contribution in [0.3, 0.4) is 0 Å². The molecule has 0 fully saturated rings. The summed E-state index contributed by atoms with van der Waals surface area (Å²) in [6.07, 6.45) is 2.86. The van der Waals surface area contributed by atoms with Crippen LogP contribution in [0.25, 0.3) is 5.70 Å². The Balaban J connectivity index is 1.83. The summed E-state index contributed by atoms with van der Waals surface area (Å²) in [4.78, 5) is 2.21. The molecule has 28 heavy (non-hydrogen) atoms. The first kappa shape index (κ1) is 18.5. The van der Waals surface area contributed by atoms with E-state index < -0.39 is 0 Å². The highest BCUT2D eigenvalue weighted by Crippen LogP contribution is 2.49. The maximum atomic E-state index is 9.84. The molecule has 0 spiro atoms. The number of hydroxylamine groups is 1. The zero-order valence-corrected chi connectivity index (χ0v) is 16.2. The number of nitrogens with zero attached hydrogens (tertiary/aromatic N) is 1. The highest BCUT2D eigenvalue weighted by molar-refractivity contribution is 5.68. The standard InChI is InChI=1S/C21H24N2O5/c1-23-8-7-14-10-18-20(28-12-27-18)21(26-3)19(14)17(23)11-16(22-24)13-5-4-6-15(9-13)25-2/h4-6,9-11,17,22,24H,7-8,12H2,1-3H3/b16-11+/t17-/m1/s1. The average molecular weight is 384 g/mol. The molecule has 2 N–H and O–H groups in total. The Morgan fingerprint density at radius 1 is 1.25 bits per heavy atom. The third-order valence-corrected chi connectivity index (χ3v) is 5.28. The Morgan fingerprint density at radius 2 is 2.11 bits per heavy atom. The number of hydrogen-bond donors (Lipinski definition) is 2. The fraction of sp³-hybridized carbons (Fsp3) is 0.333. The van der Waals surface area contributed by atoms with Gasteiger partial charge in [-0.05, 0) is 43.3 Å². The summed E-state index contributed by atoms with van der Waals surface area (Å²) in [7, 11) is 5.31. The molecule has 2 aromatic rings. The smallest absolute Gasteiger partial charge is 0.231 e. The van der Waals surface area contributed by atoms with E-state index in [0.717, 1.165) is 41.2 Å². The maximum absolute atomic E-state index is 9.84. The van der Waals surface area contributed by atoms with Gasteiger partial charge in [0, 0.05) is 17.7 Å².